The van der Waals surface area contributed by atoms with Crippen molar-refractivity contribution in [1.82, 2.24) is 19.0 Å². The van der Waals surface area contributed by atoms with E-state index >= 15 is 0 Å². The lowest BCUT2D eigenvalue weighted by atomic mass is 9.74. The number of hydrazine groups is 1. The Bertz CT molecular complexity index is 207. The molecule has 2 heterocycles. The zero-order valence-corrected chi connectivity index (χ0v) is 10.8. The van der Waals surface area contributed by atoms with Gasteiger partial charge in [0.1, 0.15) is 0 Å². The molecule has 1 N–H and O–H groups in total. The van der Waals surface area contributed by atoms with Crippen molar-refractivity contribution in [2.75, 3.05) is 47.3 Å². The summed E-state index contributed by atoms with van der Waals surface area (Å²) in [7, 11) is 6.33. The molecule has 0 aromatic heterocycles. The maximum Gasteiger partial charge on any atom is 0.0238 e. The topological polar surface area (TPSA) is 21.8 Å². The second-order valence-electron chi connectivity index (χ2n) is 4.92. The van der Waals surface area contributed by atoms with Crippen LogP contribution in [-0.4, -0.2) is 61.1 Å². The first kappa shape index (κ1) is 11.7. The predicted molar refractivity (Wildman–Crippen MR) is 65.2 cm³/mol. The smallest absolute Gasteiger partial charge is 0.0238 e. The highest BCUT2D eigenvalue weighted by atomic mass is 32.2. The largest absolute Gasteiger partial charge is 0.316 e. The SMILES string of the molecule is CN(C)SN(C)N1CCC2(CC1)CNC2. The molecule has 0 amide bonds. The van der Waals surface area contributed by atoms with Crippen LogP contribution in [0.15, 0.2) is 0 Å². The average molecular weight is 230 g/mol. The van der Waals surface area contributed by atoms with Crippen LogP contribution >= 0.6 is 12.1 Å². The van der Waals surface area contributed by atoms with Gasteiger partial charge in [0.15, 0.2) is 0 Å². The number of nitrogens with zero attached hydrogens (tertiary/aromatic N) is 3. The van der Waals surface area contributed by atoms with Crippen LogP contribution in [0.5, 0.6) is 0 Å². The van der Waals surface area contributed by atoms with Gasteiger partial charge >= 0.3 is 0 Å². The molecular formula is C10H22N4S. The fourth-order valence-electron chi connectivity index (χ4n) is 2.37. The summed E-state index contributed by atoms with van der Waals surface area (Å²) >= 11 is 1.76. The molecule has 1 spiro atoms. The van der Waals surface area contributed by atoms with E-state index < -0.39 is 0 Å². The first-order valence-corrected chi connectivity index (χ1v) is 6.39. The van der Waals surface area contributed by atoms with Crippen molar-refractivity contribution in [3.05, 3.63) is 0 Å². The maximum absolute atomic E-state index is 3.40. The summed E-state index contributed by atoms with van der Waals surface area (Å²) in [4.78, 5) is 0. The Morgan fingerprint density at radius 3 is 2.13 bits per heavy atom. The Labute approximate surface area is 97.2 Å². The summed E-state index contributed by atoms with van der Waals surface area (Å²) in [6.45, 7) is 4.90. The first-order valence-electron chi connectivity index (χ1n) is 5.66. The van der Waals surface area contributed by atoms with E-state index in [1.165, 1.54) is 39.0 Å². The second kappa shape index (κ2) is 4.59. The van der Waals surface area contributed by atoms with E-state index in [-0.39, 0.29) is 0 Å². The van der Waals surface area contributed by atoms with Crippen molar-refractivity contribution in [3.63, 3.8) is 0 Å². The molecule has 2 aliphatic rings. The van der Waals surface area contributed by atoms with Crippen LogP contribution < -0.4 is 5.32 Å². The summed E-state index contributed by atoms with van der Waals surface area (Å²) in [5.41, 5.74) is 0.653. The van der Waals surface area contributed by atoms with Gasteiger partial charge in [0, 0.05) is 45.4 Å². The highest BCUT2D eigenvalue weighted by Gasteiger charge is 2.40. The van der Waals surface area contributed by atoms with Crippen LogP contribution in [0.1, 0.15) is 12.8 Å². The van der Waals surface area contributed by atoms with E-state index in [1.807, 2.05) is 0 Å². The van der Waals surface area contributed by atoms with Crippen molar-refractivity contribution < 1.29 is 0 Å². The fraction of sp³-hybridized carbons (Fsp3) is 1.00. The summed E-state index contributed by atoms with van der Waals surface area (Å²) in [6, 6.07) is 0. The standard InChI is InChI=1S/C10H22N4S/c1-12(2)15-13(3)14-6-4-10(5-7-14)8-11-9-10/h11H,4-9H2,1-3H3. The van der Waals surface area contributed by atoms with Crippen molar-refractivity contribution in [2.24, 2.45) is 5.41 Å². The monoisotopic (exact) mass is 230 g/mol. The first-order chi connectivity index (χ1) is 7.11. The zero-order chi connectivity index (χ0) is 10.9. The molecule has 0 aliphatic carbocycles. The molecule has 0 unspecified atom stereocenters. The molecule has 5 heteroatoms. The van der Waals surface area contributed by atoms with E-state index in [9.17, 15) is 0 Å². The Morgan fingerprint density at radius 2 is 1.73 bits per heavy atom. The Kier molecular flexibility index (Phi) is 3.57. The molecule has 2 rings (SSSR count). The van der Waals surface area contributed by atoms with Gasteiger partial charge in [-0.3, -0.25) is 0 Å². The van der Waals surface area contributed by atoms with Gasteiger partial charge in [-0.1, -0.05) is 0 Å². The highest BCUT2D eigenvalue weighted by Crippen LogP contribution is 2.35. The molecule has 0 aromatic rings. The molecule has 0 saturated carbocycles. The maximum atomic E-state index is 3.40. The van der Waals surface area contributed by atoms with Crippen molar-refractivity contribution in [1.29, 1.82) is 0 Å². The molecule has 0 radical (unpaired) electrons. The van der Waals surface area contributed by atoms with Gasteiger partial charge in [-0.25, -0.2) is 9.31 Å². The van der Waals surface area contributed by atoms with E-state index in [2.05, 4.69) is 40.2 Å². The minimum absolute atomic E-state index is 0.653. The van der Waals surface area contributed by atoms with Crippen molar-refractivity contribution in [3.8, 4) is 0 Å². The quantitative estimate of drug-likeness (QED) is 0.717. The van der Waals surface area contributed by atoms with Crippen LogP contribution in [0.4, 0.5) is 0 Å². The molecular weight excluding hydrogens is 208 g/mol. The molecule has 0 atom stereocenters. The van der Waals surface area contributed by atoms with Crippen LogP contribution in [0.25, 0.3) is 0 Å². The van der Waals surface area contributed by atoms with Gasteiger partial charge < -0.3 is 5.32 Å². The van der Waals surface area contributed by atoms with Gasteiger partial charge in [0.25, 0.3) is 0 Å². The Balaban J connectivity index is 1.77. The minimum atomic E-state index is 0.653. The lowest BCUT2D eigenvalue weighted by Crippen LogP contribution is -2.59. The van der Waals surface area contributed by atoms with Crippen LogP contribution in [0.2, 0.25) is 0 Å². The normalized spacial score (nSPS) is 26.2. The fourth-order valence-corrected chi connectivity index (χ4v) is 3.11. The number of piperidine rings is 1. The molecule has 0 bridgehead atoms. The molecule has 4 nitrogen and oxygen atoms in total. The lowest BCUT2D eigenvalue weighted by molar-refractivity contribution is -0.0105. The number of hydrogen-bond donors (Lipinski definition) is 1. The van der Waals surface area contributed by atoms with Crippen LogP contribution in [0.3, 0.4) is 0 Å². The van der Waals surface area contributed by atoms with Crippen LogP contribution in [-0.2, 0) is 0 Å². The summed E-state index contributed by atoms with van der Waals surface area (Å²) < 4.78 is 4.40. The van der Waals surface area contributed by atoms with Gasteiger partial charge in [0.2, 0.25) is 0 Å². The van der Waals surface area contributed by atoms with Gasteiger partial charge in [0.05, 0.1) is 0 Å². The molecule has 15 heavy (non-hydrogen) atoms. The number of nitrogens with one attached hydrogen (secondary N) is 1. The minimum Gasteiger partial charge on any atom is -0.316 e. The van der Waals surface area contributed by atoms with Crippen molar-refractivity contribution in [2.45, 2.75) is 12.8 Å². The molecule has 2 aliphatic heterocycles. The number of hydrogen-bond acceptors (Lipinski definition) is 5. The van der Waals surface area contributed by atoms with Gasteiger partial charge in [-0.2, -0.15) is 4.41 Å². The Hall–Kier alpha value is 0.190. The molecule has 2 saturated heterocycles. The van der Waals surface area contributed by atoms with E-state index in [4.69, 9.17) is 0 Å². The van der Waals surface area contributed by atoms with Crippen molar-refractivity contribution >= 4 is 12.1 Å². The van der Waals surface area contributed by atoms with Gasteiger partial charge in [-0.05, 0) is 32.4 Å². The molecule has 88 valence electrons. The summed E-state index contributed by atoms with van der Waals surface area (Å²) in [5, 5.41) is 5.85. The zero-order valence-electron chi connectivity index (χ0n) is 9.99. The average Bonchev–Trinajstić information content (AvgIpc) is 2.14. The third-order valence-corrected chi connectivity index (χ3v) is 4.27. The number of rotatable bonds is 3. The van der Waals surface area contributed by atoms with E-state index in [1.54, 1.807) is 12.1 Å². The molecule has 0 aromatic carbocycles. The van der Waals surface area contributed by atoms with Gasteiger partial charge in [-0.15, -0.1) is 0 Å². The second-order valence-corrected chi connectivity index (χ2v) is 6.34. The summed E-state index contributed by atoms with van der Waals surface area (Å²) in [6.07, 6.45) is 2.69. The summed E-state index contributed by atoms with van der Waals surface area (Å²) in [5.74, 6) is 0. The third kappa shape index (κ3) is 2.65. The third-order valence-electron chi connectivity index (χ3n) is 3.48. The predicted octanol–water partition coefficient (Wildman–Crippen LogP) is 0.643. The van der Waals surface area contributed by atoms with E-state index in [0.717, 1.165) is 0 Å². The lowest BCUT2D eigenvalue weighted by Gasteiger charge is -2.49. The molecule has 2 fully saturated rings. The highest BCUT2D eigenvalue weighted by molar-refractivity contribution is 7.94. The Morgan fingerprint density at radius 1 is 1.13 bits per heavy atom. The van der Waals surface area contributed by atoms with E-state index in [0.29, 0.717) is 5.41 Å². The van der Waals surface area contributed by atoms with Crippen LogP contribution in [0, 0.1) is 5.41 Å².